The van der Waals surface area contributed by atoms with Crippen molar-refractivity contribution in [3.63, 3.8) is 0 Å². The van der Waals surface area contributed by atoms with E-state index in [2.05, 4.69) is 22.5 Å². The zero-order chi connectivity index (χ0) is 10.7. The third-order valence-electron chi connectivity index (χ3n) is 3.07. The van der Waals surface area contributed by atoms with Crippen LogP contribution in [0.15, 0.2) is 18.3 Å². The second-order valence-electron chi connectivity index (χ2n) is 4.38. The van der Waals surface area contributed by atoms with E-state index in [9.17, 15) is 0 Å². The highest BCUT2D eigenvalue weighted by Crippen LogP contribution is 2.36. The van der Waals surface area contributed by atoms with Gasteiger partial charge < -0.3 is 10.6 Å². The standard InChI is InChI=1S/C12H19N3/c1-9(10-3-4-10)8-15-11-5-6-14-12(7-11)13-2/h5-7,9-10H,3-4,8H2,1-2H3,(H2,13,14,15). The molecule has 3 heteroatoms. The van der Waals surface area contributed by atoms with Crippen molar-refractivity contribution in [1.82, 2.24) is 4.98 Å². The van der Waals surface area contributed by atoms with Crippen molar-refractivity contribution in [3.05, 3.63) is 18.3 Å². The number of hydrogen-bond acceptors (Lipinski definition) is 3. The highest BCUT2D eigenvalue weighted by molar-refractivity contribution is 5.51. The van der Waals surface area contributed by atoms with Gasteiger partial charge in [0.05, 0.1) is 0 Å². The molecule has 0 aliphatic heterocycles. The summed E-state index contributed by atoms with van der Waals surface area (Å²) in [5.74, 6) is 2.67. The molecule has 0 radical (unpaired) electrons. The molecule has 1 aromatic heterocycles. The molecule has 1 fully saturated rings. The molecule has 1 unspecified atom stereocenters. The highest BCUT2D eigenvalue weighted by Gasteiger charge is 2.27. The maximum atomic E-state index is 4.18. The van der Waals surface area contributed by atoms with E-state index in [0.29, 0.717) is 0 Å². The van der Waals surface area contributed by atoms with Gasteiger partial charge in [-0.1, -0.05) is 6.92 Å². The Bertz CT molecular complexity index is 320. The molecule has 0 amide bonds. The normalized spacial score (nSPS) is 17.2. The van der Waals surface area contributed by atoms with Crippen LogP contribution in [0.2, 0.25) is 0 Å². The molecule has 0 aromatic carbocycles. The fourth-order valence-corrected chi connectivity index (χ4v) is 1.79. The molecule has 1 aliphatic carbocycles. The third kappa shape index (κ3) is 2.85. The summed E-state index contributed by atoms with van der Waals surface area (Å²) >= 11 is 0. The fourth-order valence-electron chi connectivity index (χ4n) is 1.79. The van der Waals surface area contributed by atoms with E-state index in [1.54, 1.807) is 0 Å². The number of nitrogens with one attached hydrogen (secondary N) is 2. The molecule has 2 rings (SSSR count). The predicted octanol–water partition coefficient (Wildman–Crippen LogP) is 2.58. The van der Waals surface area contributed by atoms with Crippen molar-refractivity contribution in [3.8, 4) is 0 Å². The number of anilines is 2. The largest absolute Gasteiger partial charge is 0.385 e. The fraction of sp³-hybridized carbons (Fsp3) is 0.583. The van der Waals surface area contributed by atoms with E-state index >= 15 is 0 Å². The van der Waals surface area contributed by atoms with Gasteiger partial charge in [-0.05, 0) is 30.7 Å². The van der Waals surface area contributed by atoms with Crippen molar-refractivity contribution in [2.75, 3.05) is 24.2 Å². The Balaban J connectivity index is 1.86. The van der Waals surface area contributed by atoms with E-state index in [1.165, 1.54) is 12.8 Å². The first-order valence-corrected chi connectivity index (χ1v) is 5.67. The molecule has 0 spiro atoms. The van der Waals surface area contributed by atoms with Crippen LogP contribution in [-0.4, -0.2) is 18.6 Å². The van der Waals surface area contributed by atoms with Crippen LogP contribution >= 0.6 is 0 Å². The summed E-state index contributed by atoms with van der Waals surface area (Å²) in [6, 6.07) is 4.06. The average Bonchev–Trinajstić information content (AvgIpc) is 3.10. The molecular weight excluding hydrogens is 186 g/mol. The Morgan fingerprint density at radius 1 is 1.53 bits per heavy atom. The van der Waals surface area contributed by atoms with Crippen LogP contribution in [0.1, 0.15) is 19.8 Å². The smallest absolute Gasteiger partial charge is 0.127 e. The Morgan fingerprint density at radius 2 is 2.33 bits per heavy atom. The van der Waals surface area contributed by atoms with Crippen LogP contribution in [0.4, 0.5) is 11.5 Å². The lowest BCUT2D eigenvalue weighted by molar-refractivity contribution is 0.536. The monoisotopic (exact) mass is 205 g/mol. The van der Waals surface area contributed by atoms with Crippen LogP contribution in [0, 0.1) is 11.8 Å². The molecule has 1 heterocycles. The van der Waals surface area contributed by atoms with E-state index in [-0.39, 0.29) is 0 Å². The minimum absolute atomic E-state index is 0.788. The SMILES string of the molecule is CNc1cc(NCC(C)C2CC2)ccn1. The Morgan fingerprint density at radius 3 is 3.00 bits per heavy atom. The lowest BCUT2D eigenvalue weighted by Crippen LogP contribution is -2.13. The van der Waals surface area contributed by atoms with Crippen LogP contribution in [0.5, 0.6) is 0 Å². The predicted molar refractivity (Wildman–Crippen MR) is 64.2 cm³/mol. The molecule has 1 saturated carbocycles. The molecular formula is C12H19N3. The zero-order valence-corrected chi connectivity index (χ0v) is 9.46. The summed E-state index contributed by atoms with van der Waals surface area (Å²) in [7, 11) is 1.89. The first-order valence-electron chi connectivity index (χ1n) is 5.67. The molecule has 2 N–H and O–H groups in total. The minimum Gasteiger partial charge on any atom is -0.385 e. The first-order chi connectivity index (χ1) is 7.29. The van der Waals surface area contributed by atoms with E-state index in [0.717, 1.165) is 29.9 Å². The highest BCUT2D eigenvalue weighted by atomic mass is 15.0. The lowest BCUT2D eigenvalue weighted by atomic mass is 10.1. The zero-order valence-electron chi connectivity index (χ0n) is 9.46. The van der Waals surface area contributed by atoms with Crippen LogP contribution < -0.4 is 10.6 Å². The van der Waals surface area contributed by atoms with Gasteiger partial charge in [0.25, 0.3) is 0 Å². The van der Waals surface area contributed by atoms with Gasteiger partial charge >= 0.3 is 0 Å². The molecule has 15 heavy (non-hydrogen) atoms. The van der Waals surface area contributed by atoms with E-state index < -0.39 is 0 Å². The lowest BCUT2D eigenvalue weighted by Gasteiger charge is -2.12. The van der Waals surface area contributed by atoms with Crippen LogP contribution in [0.25, 0.3) is 0 Å². The van der Waals surface area contributed by atoms with Gasteiger partial charge in [0, 0.05) is 31.5 Å². The van der Waals surface area contributed by atoms with E-state index in [4.69, 9.17) is 0 Å². The van der Waals surface area contributed by atoms with Gasteiger partial charge in [-0.2, -0.15) is 0 Å². The van der Waals surface area contributed by atoms with Gasteiger partial charge in [-0.15, -0.1) is 0 Å². The van der Waals surface area contributed by atoms with Crippen molar-refractivity contribution in [1.29, 1.82) is 0 Å². The maximum Gasteiger partial charge on any atom is 0.127 e. The topological polar surface area (TPSA) is 37.0 Å². The summed E-state index contributed by atoms with van der Waals surface area (Å²) < 4.78 is 0. The number of hydrogen-bond donors (Lipinski definition) is 2. The van der Waals surface area contributed by atoms with Gasteiger partial charge in [0.1, 0.15) is 5.82 Å². The van der Waals surface area contributed by atoms with Crippen molar-refractivity contribution >= 4 is 11.5 Å². The average molecular weight is 205 g/mol. The first kappa shape index (κ1) is 10.3. The van der Waals surface area contributed by atoms with Gasteiger partial charge in [-0.25, -0.2) is 4.98 Å². The summed E-state index contributed by atoms with van der Waals surface area (Å²) in [6.07, 6.45) is 4.66. The maximum absolute atomic E-state index is 4.18. The molecule has 0 bridgehead atoms. The summed E-state index contributed by atoms with van der Waals surface area (Å²) in [5.41, 5.74) is 1.15. The molecule has 1 aliphatic rings. The molecule has 82 valence electrons. The number of pyridine rings is 1. The van der Waals surface area contributed by atoms with Crippen LogP contribution in [-0.2, 0) is 0 Å². The number of aromatic nitrogens is 1. The Kier molecular flexibility index (Phi) is 3.09. The van der Waals surface area contributed by atoms with Crippen molar-refractivity contribution in [2.24, 2.45) is 11.8 Å². The second-order valence-corrected chi connectivity index (χ2v) is 4.38. The second kappa shape index (κ2) is 4.51. The summed E-state index contributed by atoms with van der Waals surface area (Å²) in [5, 5.41) is 6.50. The number of rotatable bonds is 5. The van der Waals surface area contributed by atoms with Crippen molar-refractivity contribution in [2.45, 2.75) is 19.8 Å². The van der Waals surface area contributed by atoms with Gasteiger partial charge in [0.2, 0.25) is 0 Å². The number of nitrogens with zero attached hydrogens (tertiary/aromatic N) is 1. The minimum atomic E-state index is 0.788. The third-order valence-corrected chi connectivity index (χ3v) is 3.07. The van der Waals surface area contributed by atoms with Gasteiger partial charge in [0.15, 0.2) is 0 Å². The Labute approximate surface area is 91.3 Å². The molecule has 3 nitrogen and oxygen atoms in total. The Hall–Kier alpha value is -1.25. The van der Waals surface area contributed by atoms with Crippen LogP contribution in [0.3, 0.4) is 0 Å². The van der Waals surface area contributed by atoms with Gasteiger partial charge in [-0.3, -0.25) is 0 Å². The summed E-state index contributed by atoms with van der Waals surface area (Å²) in [4.78, 5) is 4.18. The summed E-state index contributed by atoms with van der Waals surface area (Å²) in [6.45, 7) is 3.39. The molecule has 0 saturated heterocycles. The molecule has 1 atom stereocenters. The van der Waals surface area contributed by atoms with Crippen molar-refractivity contribution < 1.29 is 0 Å². The quantitative estimate of drug-likeness (QED) is 0.775. The molecule has 1 aromatic rings. The van der Waals surface area contributed by atoms with E-state index in [1.807, 2.05) is 25.4 Å².